The summed E-state index contributed by atoms with van der Waals surface area (Å²) in [5, 5.41) is 16.6. The second-order valence-electron chi connectivity index (χ2n) is 3.05. The molecule has 0 aliphatic heterocycles. The zero-order valence-corrected chi connectivity index (χ0v) is 8.90. The second-order valence-corrected chi connectivity index (χ2v) is 3.05. The predicted molar refractivity (Wildman–Crippen MR) is 61.2 cm³/mol. The van der Waals surface area contributed by atoms with Gasteiger partial charge in [-0.25, -0.2) is 0 Å². The van der Waals surface area contributed by atoms with Crippen molar-refractivity contribution in [2.24, 2.45) is 16.2 Å². The lowest BCUT2D eigenvalue weighted by atomic mass is 10.2. The molecule has 1 aromatic carbocycles. The van der Waals surface area contributed by atoms with E-state index in [1.807, 2.05) is 0 Å². The highest BCUT2D eigenvalue weighted by Gasteiger charge is 2.03. The van der Waals surface area contributed by atoms with Crippen LogP contribution in [0.15, 0.2) is 34.6 Å². The molecule has 0 saturated carbocycles. The summed E-state index contributed by atoms with van der Waals surface area (Å²) in [6.07, 6.45) is 0.407. The minimum atomic E-state index is -0.0795. The van der Waals surface area contributed by atoms with Crippen molar-refractivity contribution in [2.45, 2.75) is 13.3 Å². The highest BCUT2D eigenvalue weighted by atomic mass is 16.1. The van der Waals surface area contributed by atoms with Crippen molar-refractivity contribution < 1.29 is 4.79 Å². The average Bonchev–Trinajstić information content (AvgIpc) is 2.29. The van der Waals surface area contributed by atoms with Crippen LogP contribution in [0.3, 0.4) is 0 Å². The Morgan fingerprint density at radius 2 is 2.31 bits per heavy atom. The standard InChI is InChI=1S/C10H13N5O/c1-2-9(16)13-8-5-3-4-7(6-8)10(11)14-15-12/h3-6H,2H2,1H3,(H,13,16)(H3,11,12,14). The van der Waals surface area contributed by atoms with Gasteiger partial charge in [0.25, 0.3) is 0 Å². The largest absolute Gasteiger partial charge is 0.326 e. The number of hydrogen-bond acceptors (Lipinski definition) is 3. The monoisotopic (exact) mass is 219 g/mol. The first-order chi connectivity index (χ1) is 7.67. The van der Waals surface area contributed by atoms with E-state index >= 15 is 0 Å². The predicted octanol–water partition coefficient (Wildman–Crippen LogP) is 1.69. The number of anilines is 1. The molecular formula is C10H13N5O. The molecule has 6 nitrogen and oxygen atoms in total. The molecule has 0 aromatic heterocycles. The average molecular weight is 219 g/mol. The Morgan fingerprint density at radius 1 is 1.56 bits per heavy atom. The molecular weight excluding hydrogens is 206 g/mol. The van der Waals surface area contributed by atoms with Crippen molar-refractivity contribution >= 4 is 17.4 Å². The molecule has 0 unspecified atom stereocenters. The SMILES string of the molecule is CCC(=O)Nc1cccc(C(=N)N=NN)c1. The first kappa shape index (κ1) is 11.8. The number of nitrogens with zero attached hydrogens (tertiary/aromatic N) is 2. The van der Waals surface area contributed by atoms with Gasteiger partial charge in [-0.3, -0.25) is 10.2 Å². The van der Waals surface area contributed by atoms with Gasteiger partial charge in [-0.1, -0.05) is 24.3 Å². The van der Waals surface area contributed by atoms with E-state index < -0.39 is 0 Å². The van der Waals surface area contributed by atoms with E-state index in [0.29, 0.717) is 17.7 Å². The van der Waals surface area contributed by atoms with Crippen molar-refractivity contribution in [3.05, 3.63) is 29.8 Å². The van der Waals surface area contributed by atoms with E-state index in [-0.39, 0.29) is 11.7 Å². The Hall–Kier alpha value is -2.24. The molecule has 6 heteroatoms. The number of benzene rings is 1. The Morgan fingerprint density at radius 3 is 2.94 bits per heavy atom. The summed E-state index contributed by atoms with van der Waals surface area (Å²) in [7, 11) is 0. The Bertz CT molecular complexity index is 427. The number of nitrogens with two attached hydrogens (primary N) is 1. The lowest BCUT2D eigenvalue weighted by Crippen LogP contribution is -2.09. The molecule has 0 spiro atoms. The van der Waals surface area contributed by atoms with Gasteiger partial charge in [-0.2, -0.15) is 0 Å². The zero-order valence-electron chi connectivity index (χ0n) is 8.90. The maximum Gasteiger partial charge on any atom is 0.224 e. The van der Waals surface area contributed by atoms with Gasteiger partial charge in [-0.15, -0.1) is 5.11 Å². The number of hydrogen-bond donors (Lipinski definition) is 3. The van der Waals surface area contributed by atoms with E-state index in [0.717, 1.165) is 0 Å². The summed E-state index contributed by atoms with van der Waals surface area (Å²) < 4.78 is 0. The van der Waals surface area contributed by atoms with Crippen LogP contribution in [-0.4, -0.2) is 11.7 Å². The van der Waals surface area contributed by atoms with E-state index in [2.05, 4.69) is 15.7 Å². The van der Waals surface area contributed by atoms with Crippen molar-refractivity contribution in [2.75, 3.05) is 5.32 Å². The third-order valence-corrected chi connectivity index (χ3v) is 1.90. The molecule has 16 heavy (non-hydrogen) atoms. The molecule has 0 radical (unpaired) electrons. The number of amidine groups is 1. The molecule has 84 valence electrons. The third-order valence-electron chi connectivity index (χ3n) is 1.90. The van der Waals surface area contributed by atoms with E-state index in [1.54, 1.807) is 31.2 Å². The maximum absolute atomic E-state index is 11.2. The lowest BCUT2D eigenvalue weighted by Gasteiger charge is -2.04. The molecule has 1 aromatic rings. The number of rotatable bonds is 3. The maximum atomic E-state index is 11.2. The molecule has 0 fully saturated rings. The molecule has 0 bridgehead atoms. The molecule has 1 amide bonds. The zero-order chi connectivity index (χ0) is 12.0. The number of nitrogens with one attached hydrogen (secondary N) is 2. The van der Waals surface area contributed by atoms with Crippen LogP contribution in [0.4, 0.5) is 5.69 Å². The van der Waals surface area contributed by atoms with Crippen molar-refractivity contribution in [1.82, 2.24) is 0 Å². The normalized spacial score (nSPS) is 10.3. The first-order valence-corrected chi connectivity index (χ1v) is 4.77. The van der Waals surface area contributed by atoms with Gasteiger partial charge < -0.3 is 11.2 Å². The molecule has 0 aliphatic carbocycles. The summed E-state index contributed by atoms with van der Waals surface area (Å²) in [6, 6.07) is 6.80. The van der Waals surface area contributed by atoms with E-state index in [1.165, 1.54) is 0 Å². The highest BCUT2D eigenvalue weighted by Crippen LogP contribution is 2.11. The second kappa shape index (κ2) is 5.59. The molecule has 4 N–H and O–H groups in total. The first-order valence-electron chi connectivity index (χ1n) is 4.77. The third kappa shape index (κ3) is 3.16. The van der Waals surface area contributed by atoms with Crippen LogP contribution in [0, 0.1) is 5.41 Å². The van der Waals surface area contributed by atoms with Gasteiger partial charge >= 0.3 is 0 Å². The van der Waals surface area contributed by atoms with Crippen LogP contribution in [0.2, 0.25) is 0 Å². The van der Waals surface area contributed by atoms with E-state index in [4.69, 9.17) is 11.3 Å². The summed E-state index contributed by atoms with van der Waals surface area (Å²) in [5.41, 5.74) is 1.17. The fourth-order valence-corrected chi connectivity index (χ4v) is 1.11. The Labute approximate surface area is 93.0 Å². The minimum Gasteiger partial charge on any atom is -0.326 e. The fourth-order valence-electron chi connectivity index (χ4n) is 1.11. The molecule has 0 aliphatic rings. The van der Waals surface area contributed by atoms with Gasteiger partial charge in [0.05, 0.1) is 0 Å². The number of amides is 1. The van der Waals surface area contributed by atoms with Gasteiger partial charge in [0.2, 0.25) is 5.91 Å². The lowest BCUT2D eigenvalue weighted by molar-refractivity contribution is -0.115. The van der Waals surface area contributed by atoms with Crippen LogP contribution in [-0.2, 0) is 4.79 Å². The Kier molecular flexibility index (Phi) is 4.14. The highest BCUT2D eigenvalue weighted by molar-refractivity contribution is 5.98. The molecule has 1 rings (SSSR count). The summed E-state index contributed by atoms with van der Waals surface area (Å²) in [5.74, 6) is 4.73. The fraction of sp³-hybridized carbons (Fsp3) is 0.200. The van der Waals surface area contributed by atoms with Gasteiger partial charge in [0, 0.05) is 17.7 Å². The van der Waals surface area contributed by atoms with Crippen LogP contribution in [0.25, 0.3) is 0 Å². The topological polar surface area (TPSA) is 104 Å². The number of carbonyl (C=O) groups is 1. The number of carbonyl (C=O) groups excluding carboxylic acids is 1. The van der Waals surface area contributed by atoms with Gasteiger partial charge in [-0.05, 0) is 12.1 Å². The quantitative estimate of drug-likeness (QED) is 0.237. The van der Waals surface area contributed by atoms with E-state index in [9.17, 15) is 4.79 Å². The van der Waals surface area contributed by atoms with Crippen molar-refractivity contribution in [3.63, 3.8) is 0 Å². The summed E-state index contributed by atoms with van der Waals surface area (Å²) >= 11 is 0. The summed E-state index contributed by atoms with van der Waals surface area (Å²) in [6.45, 7) is 1.77. The molecule has 0 heterocycles. The Balaban J connectivity index is 2.86. The smallest absolute Gasteiger partial charge is 0.224 e. The van der Waals surface area contributed by atoms with Crippen LogP contribution >= 0.6 is 0 Å². The van der Waals surface area contributed by atoms with Crippen LogP contribution in [0.1, 0.15) is 18.9 Å². The summed E-state index contributed by atoms with van der Waals surface area (Å²) in [4.78, 5) is 11.2. The van der Waals surface area contributed by atoms with Crippen LogP contribution < -0.4 is 11.2 Å². The van der Waals surface area contributed by atoms with Crippen LogP contribution in [0.5, 0.6) is 0 Å². The van der Waals surface area contributed by atoms with Crippen molar-refractivity contribution in [3.8, 4) is 0 Å². The molecule has 0 saturated heterocycles. The minimum absolute atomic E-state index is 0.0462. The molecule has 0 atom stereocenters. The van der Waals surface area contributed by atoms with Gasteiger partial charge in [0.1, 0.15) is 0 Å². The van der Waals surface area contributed by atoms with Gasteiger partial charge in [0.15, 0.2) is 5.84 Å². The van der Waals surface area contributed by atoms with Crippen molar-refractivity contribution in [1.29, 1.82) is 5.41 Å².